The molecular formula is C20H21N5O. The molecule has 1 amide bonds. The number of amides is 1. The van der Waals surface area contributed by atoms with Gasteiger partial charge in [0, 0.05) is 67.3 Å². The molecule has 1 fully saturated rings. The van der Waals surface area contributed by atoms with E-state index in [0.29, 0.717) is 11.5 Å². The van der Waals surface area contributed by atoms with E-state index < -0.39 is 0 Å². The molecule has 1 aliphatic rings. The molecule has 0 spiro atoms. The molecule has 3 aromatic rings. The molecule has 4 rings (SSSR count). The molecule has 6 nitrogen and oxygen atoms in total. The molecule has 3 aromatic heterocycles. The van der Waals surface area contributed by atoms with Crippen molar-refractivity contribution in [3.05, 3.63) is 66.0 Å². The predicted octanol–water partition coefficient (Wildman–Crippen LogP) is 2.73. The second kappa shape index (κ2) is 6.71. The normalized spacial score (nSPS) is 14.3. The van der Waals surface area contributed by atoms with Gasteiger partial charge in [-0.3, -0.25) is 14.8 Å². The lowest BCUT2D eigenvalue weighted by Crippen LogP contribution is -2.51. The molecule has 0 atom stereocenters. The fraction of sp³-hybridized carbons (Fsp3) is 0.300. The molecule has 0 aliphatic carbocycles. The molecule has 26 heavy (non-hydrogen) atoms. The van der Waals surface area contributed by atoms with Crippen LogP contribution in [0.5, 0.6) is 0 Å². The molecule has 0 aromatic carbocycles. The minimum atomic E-state index is 0.0710. The fourth-order valence-corrected chi connectivity index (χ4v) is 3.41. The van der Waals surface area contributed by atoms with Crippen LogP contribution in [0.2, 0.25) is 0 Å². The number of hydrogen-bond acceptors (Lipinski definition) is 4. The third-order valence-corrected chi connectivity index (χ3v) is 4.90. The Morgan fingerprint density at radius 2 is 1.92 bits per heavy atom. The Morgan fingerprint density at radius 1 is 1.12 bits per heavy atom. The van der Waals surface area contributed by atoms with Crippen LogP contribution in [0.1, 0.15) is 21.7 Å². The Morgan fingerprint density at radius 3 is 2.65 bits per heavy atom. The van der Waals surface area contributed by atoms with E-state index in [1.807, 2.05) is 48.5 Å². The van der Waals surface area contributed by atoms with Gasteiger partial charge in [-0.05, 0) is 38.1 Å². The number of pyridine rings is 2. The van der Waals surface area contributed by atoms with Crippen molar-refractivity contribution in [2.45, 2.75) is 20.4 Å². The Hall–Kier alpha value is -3.02. The Balaban J connectivity index is 1.45. The molecule has 0 unspecified atom stereocenters. The summed E-state index contributed by atoms with van der Waals surface area (Å²) in [6.07, 6.45) is 7.20. The van der Waals surface area contributed by atoms with Crippen LogP contribution in [0, 0.1) is 19.8 Å². The van der Waals surface area contributed by atoms with E-state index in [0.717, 1.165) is 42.4 Å². The van der Waals surface area contributed by atoms with Crippen LogP contribution in [-0.2, 0) is 6.54 Å². The van der Waals surface area contributed by atoms with E-state index in [1.54, 1.807) is 12.4 Å². The first-order valence-electron chi connectivity index (χ1n) is 8.77. The van der Waals surface area contributed by atoms with Gasteiger partial charge in [0.15, 0.2) is 0 Å². The van der Waals surface area contributed by atoms with Crippen LogP contribution < -0.4 is 0 Å². The summed E-state index contributed by atoms with van der Waals surface area (Å²) in [4.78, 5) is 27.4. The maximum atomic E-state index is 12.6. The Kier molecular flexibility index (Phi) is 4.24. The number of carbonyl (C=O) groups is 1. The summed E-state index contributed by atoms with van der Waals surface area (Å²) in [6, 6.07) is 7.60. The van der Waals surface area contributed by atoms with Crippen LogP contribution in [0.15, 0.2) is 49.1 Å². The van der Waals surface area contributed by atoms with Gasteiger partial charge in [-0.15, -0.1) is 0 Å². The first kappa shape index (κ1) is 16.4. The van der Waals surface area contributed by atoms with Crippen molar-refractivity contribution >= 4 is 5.91 Å². The first-order valence-corrected chi connectivity index (χ1v) is 8.77. The Labute approximate surface area is 152 Å². The SMILES string of the molecule is Cc1ncccc1C(=O)N1CC(Cn2c(C)cnc2-c2cccnc2)C1. The molecular weight excluding hydrogens is 326 g/mol. The predicted molar refractivity (Wildman–Crippen MR) is 98.6 cm³/mol. The molecule has 1 saturated heterocycles. The average molecular weight is 347 g/mol. The van der Waals surface area contributed by atoms with E-state index >= 15 is 0 Å². The summed E-state index contributed by atoms with van der Waals surface area (Å²) in [5, 5.41) is 0. The van der Waals surface area contributed by atoms with Gasteiger partial charge >= 0.3 is 0 Å². The molecule has 4 heterocycles. The highest BCUT2D eigenvalue weighted by Gasteiger charge is 2.32. The molecule has 1 aliphatic heterocycles. The van der Waals surface area contributed by atoms with E-state index in [1.165, 1.54) is 0 Å². The highest BCUT2D eigenvalue weighted by atomic mass is 16.2. The topological polar surface area (TPSA) is 63.9 Å². The molecule has 0 radical (unpaired) electrons. The molecule has 0 bridgehead atoms. The summed E-state index contributed by atoms with van der Waals surface area (Å²) in [5.41, 5.74) is 3.61. The number of nitrogens with zero attached hydrogens (tertiary/aromatic N) is 5. The van der Waals surface area contributed by atoms with Gasteiger partial charge < -0.3 is 9.47 Å². The second-order valence-corrected chi connectivity index (χ2v) is 6.79. The van der Waals surface area contributed by atoms with Crippen molar-refractivity contribution in [2.75, 3.05) is 13.1 Å². The van der Waals surface area contributed by atoms with Crippen molar-refractivity contribution in [2.24, 2.45) is 5.92 Å². The quantitative estimate of drug-likeness (QED) is 0.728. The highest BCUT2D eigenvalue weighted by Crippen LogP contribution is 2.25. The first-order chi connectivity index (χ1) is 12.6. The van der Waals surface area contributed by atoms with Crippen molar-refractivity contribution in [3.63, 3.8) is 0 Å². The number of likely N-dealkylation sites (tertiary alicyclic amines) is 1. The van der Waals surface area contributed by atoms with Crippen molar-refractivity contribution in [3.8, 4) is 11.4 Å². The fourth-order valence-electron chi connectivity index (χ4n) is 3.41. The number of aryl methyl sites for hydroxylation is 2. The van der Waals surface area contributed by atoms with Gasteiger partial charge in [-0.25, -0.2) is 4.98 Å². The zero-order valence-electron chi connectivity index (χ0n) is 15.0. The van der Waals surface area contributed by atoms with Gasteiger partial charge in [0.1, 0.15) is 5.82 Å². The number of aromatic nitrogens is 4. The van der Waals surface area contributed by atoms with Gasteiger partial charge in [-0.2, -0.15) is 0 Å². The third kappa shape index (κ3) is 2.98. The van der Waals surface area contributed by atoms with Crippen molar-refractivity contribution in [1.29, 1.82) is 0 Å². The summed E-state index contributed by atoms with van der Waals surface area (Å²) in [5.74, 6) is 1.43. The number of rotatable bonds is 4. The van der Waals surface area contributed by atoms with E-state index in [9.17, 15) is 4.79 Å². The molecule has 132 valence electrons. The summed E-state index contributed by atoms with van der Waals surface area (Å²) in [6.45, 7) is 6.31. The van der Waals surface area contributed by atoms with E-state index in [4.69, 9.17) is 0 Å². The summed E-state index contributed by atoms with van der Waals surface area (Å²) < 4.78 is 2.22. The maximum Gasteiger partial charge on any atom is 0.255 e. The van der Waals surface area contributed by atoms with Crippen LogP contribution in [0.25, 0.3) is 11.4 Å². The minimum Gasteiger partial charge on any atom is -0.338 e. The van der Waals surface area contributed by atoms with Crippen molar-refractivity contribution < 1.29 is 4.79 Å². The molecule has 0 saturated carbocycles. The molecule has 0 N–H and O–H groups in total. The average Bonchev–Trinajstić information content (AvgIpc) is 2.99. The van der Waals surface area contributed by atoms with Crippen LogP contribution in [0.4, 0.5) is 0 Å². The zero-order chi connectivity index (χ0) is 18.1. The summed E-state index contributed by atoms with van der Waals surface area (Å²) in [7, 11) is 0. The van der Waals surface area contributed by atoms with Crippen LogP contribution in [0.3, 0.4) is 0 Å². The maximum absolute atomic E-state index is 12.6. The van der Waals surface area contributed by atoms with Crippen molar-refractivity contribution in [1.82, 2.24) is 24.4 Å². The second-order valence-electron chi connectivity index (χ2n) is 6.79. The summed E-state index contributed by atoms with van der Waals surface area (Å²) >= 11 is 0. The minimum absolute atomic E-state index is 0.0710. The van der Waals surface area contributed by atoms with E-state index in [-0.39, 0.29) is 5.91 Å². The monoisotopic (exact) mass is 347 g/mol. The van der Waals surface area contributed by atoms with Gasteiger partial charge in [0.25, 0.3) is 5.91 Å². The van der Waals surface area contributed by atoms with Gasteiger partial charge in [0.2, 0.25) is 0 Å². The molecule has 6 heteroatoms. The smallest absolute Gasteiger partial charge is 0.255 e. The zero-order valence-corrected chi connectivity index (χ0v) is 15.0. The largest absolute Gasteiger partial charge is 0.338 e. The Bertz CT molecular complexity index is 928. The lowest BCUT2D eigenvalue weighted by molar-refractivity contribution is 0.0467. The number of carbonyl (C=O) groups excluding carboxylic acids is 1. The number of imidazole rings is 1. The number of hydrogen-bond donors (Lipinski definition) is 0. The van der Waals surface area contributed by atoms with E-state index in [2.05, 4.69) is 26.4 Å². The highest BCUT2D eigenvalue weighted by molar-refractivity contribution is 5.95. The van der Waals surface area contributed by atoms with Gasteiger partial charge in [-0.1, -0.05) is 0 Å². The standard InChI is InChI=1S/C20H21N5O/c1-14-9-23-19(17-5-3-7-21-10-17)25(14)13-16-11-24(12-16)20(26)18-6-4-8-22-15(18)2/h3-10,16H,11-13H2,1-2H3. The van der Waals surface area contributed by atoms with Crippen LogP contribution >= 0.6 is 0 Å². The van der Waals surface area contributed by atoms with Gasteiger partial charge in [0.05, 0.1) is 5.56 Å². The van der Waals surface area contributed by atoms with Crippen LogP contribution in [-0.4, -0.2) is 43.4 Å². The lowest BCUT2D eigenvalue weighted by Gasteiger charge is -2.40. The lowest BCUT2D eigenvalue weighted by atomic mass is 9.98. The third-order valence-electron chi connectivity index (χ3n) is 4.90.